The van der Waals surface area contributed by atoms with Crippen LogP contribution in [-0.4, -0.2) is 37.7 Å². The highest BCUT2D eigenvalue weighted by Gasteiger charge is 2.53. The Bertz CT molecular complexity index is 1130. The predicted molar refractivity (Wildman–Crippen MR) is 156 cm³/mol. The summed E-state index contributed by atoms with van der Waals surface area (Å²) in [5.41, 5.74) is 1.22. The van der Waals surface area contributed by atoms with Crippen LogP contribution in [0.3, 0.4) is 0 Å². The van der Waals surface area contributed by atoms with Crippen LogP contribution in [0, 0.1) is 0 Å². The van der Waals surface area contributed by atoms with Crippen LogP contribution in [0.4, 0.5) is 0 Å². The Morgan fingerprint density at radius 1 is 0.947 bits per heavy atom. The Labute approximate surface area is 228 Å². The van der Waals surface area contributed by atoms with Crippen molar-refractivity contribution in [3.8, 4) is 0 Å². The average molecular weight is 529 g/mol. The lowest BCUT2D eigenvalue weighted by molar-refractivity contribution is -0.141. The molecular formula is C33H40O4Si. The van der Waals surface area contributed by atoms with Crippen molar-refractivity contribution < 1.29 is 19.1 Å². The predicted octanol–water partition coefficient (Wildman–Crippen LogP) is 5.58. The van der Waals surface area contributed by atoms with E-state index in [1.165, 1.54) is 15.9 Å². The maximum absolute atomic E-state index is 12.5. The van der Waals surface area contributed by atoms with Gasteiger partial charge in [0.1, 0.15) is 6.10 Å². The molecule has 3 aromatic carbocycles. The van der Waals surface area contributed by atoms with E-state index in [2.05, 4.69) is 81.4 Å². The third kappa shape index (κ3) is 6.71. The molecule has 0 radical (unpaired) electrons. The first-order valence-electron chi connectivity index (χ1n) is 13.7. The highest BCUT2D eigenvalue weighted by atomic mass is 28.4. The standard InChI is InChI=1S/C33H40O4Si/c1-33(2,3)38(28-18-9-5-10-19-28,29-20-11-6-12-21-29)37-31-25-32(35)36-30(31)22-14-13-17-27(34)24-23-26-15-7-4-8-16-26/h4-13,15-21,27,30-31,34H,14,22-25H2,1-3H3/b17-13+/t27-,30+,31+/m1/s1. The molecule has 0 amide bonds. The molecule has 0 aliphatic carbocycles. The van der Waals surface area contributed by atoms with Gasteiger partial charge < -0.3 is 14.3 Å². The molecule has 4 rings (SSSR count). The fourth-order valence-electron chi connectivity index (χ4n) is 5.44. The molecule has 0 bridgehead atoms. The second-order valence-electron chi connectivity index (χ2n) is 11.1. The first kappa shape index (κ1) is 28.0. The SMILES string of the molecule is CC(C)(C)[Si](O[C@H]1CC(=O)O[C@H]1CC/C=C/[C@@H](O)CCc1ccccc1)(c1ccccc1)c1ccccc1. The molecular weight excluding hydrogens is 488 g/mol. The lowest BCUT2D eigenvalue weighted by Crippen LogP contribution is -2.68. The second-order valence-corrected chi connectivity index (χ2v) is 15.4. The summed E-state index contributed by atoms with van der Waals surface area (Å²) in [6.07, 6.45) is 5.89. The van der Waals surface area contributed by atoms with E-state index >= 15 is 0 Å². The summed E-state index contributed by atoms with van der Waals surface area (Å²) >= 11 is 0. The number of aliphatic hydroxyl groups excluding tert-OH is 1. The molecule has 1 saturated heterocycles. The molecule has 200 valence electrons. The van der Waals surface area contributed by atoms with E-state index in [1.807, 2.05) is 42.5 Å². The number of allylic oxidation sites excluding steroid dienone is 1. The number of hydrogen-bond acceptors (Lipinski definition) is 4. The minimum Gasteiger partial charge on any atom is -0.460 e. The van der Waals surface area contributed by atoms with Crippen LogP contribution in [-0.2, 0) is 20.4 Å². The molecule has 1 N–H and O–H groups in total. The zero-order valence-electron chi connectivity index (χ0n) is 22.8. The number of rotatable bonds is 11. The van der Waals surface area contributed by atoms with Crippen LogP contribution in [0.5, 0.6) is 0 Å². The van der Waals surface area contributed by atoms with E-state index in [1.54, 1.807) is 0 Å². The smallest absolute Gasteiger partial charge is 0.308 e. The number of aliphatic hydroxyl groups is 1. The molecule has 5 heteroatoms. The lowest BCUT2D eigenvalue weighted by atomic mass is 10.1. The van der Waals surface area contributed by atoms with Gasteiger partial charge in [0.15, 0.2) is 0 Å². The molecule has 0 saturated carbocycles. The van der Waals surface area contributed by atoms with Gasteiger partial charge in [0.2, 0.25) is 0 Å². The Morgan fingerprint density at radius 3 is 2.05 bits per heavy atom. The van der Waals surface area contributed by atoms with Crippen LogP contribution in [0.2, 0.25) is 5.04 Å². The molecule has 4 nitrogen and oxygen atoms in total. The van der Waals surface area contributed by atoms with E-state index in [4.69, 9.17) is 9.16 Å². The van der Waals surface area contributed by atoms with E-state index in [-0.39, 0.29) is 29.6 Å². The third-order valence-corrected chi connectivity index (χ3v) is 12.4. The van der Waals surface area contributed by atoms with Crippen molar-refractivity contribution >= 4 is 24.7 Å². The topological polar surface area (TPSA) is 55.8 Å². The summed E-state index contributed by atoms with van der Waals surface area (Å²) in [7, 11) is -2.78. The van der Waals surface area contributed by atoms with Crippen molar-refractivity contribution in [2.24, 2.45) is 0 Å². The molecule has 1 aliphatic rings. The Balaban J connectivity index is 1.47. The van der Waals surface area contributed by atoms with E-state index in [9.17, 15) is 9.90 Å². The highest BCUT2D eigenvalue weighted by molar-refractivity contribution is 6.99. The van der Waals surface area contributed by atoms with Crippen molar-refractivity contribution in [3.05, 3.63) is 109 Å². The van der Waals surface area contributed by atoms with Gasteiger partial charge in [-0.1, -0.05) is 124 Å². The van der Waals surface area contributed by atoms with Crippen LogP contribution >= 0.6 is 0 Å². The van der Waals surface area contributed by atoms with Gasteiger partial charge in [0.05, 0.1) is 18.6 Å². The van der Waals surface area contributed by atoms with Crippen molar-refractivity contribution in [1.29, 1.82) is 0 Å². The largest absolute Gasteiger partial charge is 0.460 e. The van der Waals surface area contributed by atoms with Gasteiger partial charge in [-0.05, 0) is 46.7 Å². The number of cyclic esters (lactones) is 1. The van der Waals surface area contributed by atoms with Crippen LogP contribution in [0.15, 0.2) is 103 Å². The Morgan fingerprint density at radius 2 is 1.50 bits per heavy atom. The molecule has 1 fully saturated rings. The molecule has 3 atom stereocenters. The summed E-state index contributed by atoms with van der Waals surface area (Å²) in [6.45, 7) is 6.72. The monoisotopic (exact) mass is 528 g/mol. The maximum Gasteiger partial charge on any atom is 0.308 e. The van der Waals surface area contributed by atoms with Crippen LogP contribution in [0.25, 0.3) is 0 Å². The summed E-state index contributed by atoms with van der Waals surface area (Å²) in [5.74, 6) is -0.204. The number of carbonyl (C=O) groups is 1. The van der Waals surface area contributed by atoms with Crippen LogP contribution < -0.4 is 10.4 Å². The number of carbonyl (C=O) groups excluding carboxylic acids is 1. The molecule has 3 aromatic rings. The lowest BCUT2D eigenvalue weighted by Gasteiger charge is -2.45. The number of benzene rings is 3. The number of ether oxygens (including phenoxy) is 1. The number of esters is 1. The van der Waals surface area contributed by atoms with Crippen molar-refractivity contribution in [3.63, 3.8) is 0 Å². The molecule has 1 heterocycles. The summed E-state index contributed by atoms with van der Waals surface area (Å²) in [6, 6.07) is 31.2. The number of hydrogen-bond donors (Lipinski definition) is 1. The number of aryl methyl sites for hydroxylation is 1. The fraction of sp³-hybridized carbons (Fsp3) is 0.364. The Hall–Kier alpha value is -2.99. The first-order chi connectivity index (χ1) is 18.3. The fourth-order valence-corrected chi connectivity index (χ4v) is 10.1. The zero-order valence-corrected chi connectivity index (χ0v) is 23.8. The van der Waals surface area contributed by atoms with Gasteiger partial charge in [-0.3, -0.25) is 4.79 Å². The molecule has 1 aliphatic heterocycles. The van der Waals surface area contributed by atoms with Crippen molar-refractivity contribution in [2.75, 3.05) is 0 Å². The second kappa shape index (κ2) is 12.7. The molecule has 0 spiro atoms. The highest BCUT2D eigenvalue weighted by Crippen LogP contribution is 2.39. The quantitative estimate of drug-likeness (QED) is 0.201. The van der Waals surface area contributed by atoms with E-state index in [0.717, 1.165) is 6.42 Å². The van der Waals surface area contributed by atoms with E-state index in [0.29, 0.717) is 19.3 Å². The minimum absolute atomic E-state index is 0.172. The van der Waals surface area contributed by atoms with Crippen LogP contribution in [0.1, 0.15) is 52.0 Å². The normalized spacial score (nSPS) is 19.0. The van der Waals surface area contributed by atoms with E-state index < -0.39 is 14.4 Å². The average Bonchev–Trinajstić information content (AvgIpc) is 3.27. The van der Waals surface area contributed by atoms with Gasteiger partial charge in [0.25, 0.3) is 8.32 Å². The minimum atomic E-state index is -2.78. The summed E-state index contributed by atoms with van der Waals surface area (Å²) < 4.78 is 13.0. The summed E-state index contributed by atoms with van der Waals surface area (Å²) in [5, 5.41) is 12.6. The molecule has 38 heavy (non-hydrogen) atoms. The summed E-state index contributed by atoms with van der Waals surface area (Å²) in [4.78, 5) is 12.5. The van der Waals surface area contributed by atoms with Gasteiger partial charge in [-0.25, -0.2) is 0 Å². The molecule has 0 unspecified atom stereocenters. The van der Waals surface area contributed by atoms with Gasteiger partial charge >= 0.3 is 5.97 Å². The van der Waals surface area contributed by atoms with Gasteiger partial charge in [0, 0.05) is 0 Å². The third-order valence-electron chi connectivity index (χ3n) is 7.36. The van der Waals surface area contributed by atoms with Crippen molar-refractivity contribution in [1.82, 2.24) is 0 Å². The van der Waals surface area contributed by atoms with Gasteiger partial charge in [-0.15, -0.1) is 0 Å². The van der Waals surface area contributed by atoms with Gasteiger partial charge in [-0.2, -0.15) is 0 Å². The zero-order chi connectivity index (χ0) is 27.0. The Kier molecular flexibility index (Phi) is 9.37. The molecule has 0 aromatic heterocycles. The maximum atomic E-state index is 12.5. The first-order valence-corrected chi connectivity index (χ1v) is 15.6. The van der Waals surface area contributed by atoms with Crippen molar-refractivity contribution in [2.45, 2.75) is 76.2 Å².